The van der Waals surface area contributed by atoms with Crippen molar-refractivity contribution in [3.05, 3.63) is 24.3 Å². The first-order chi connectivity index (χ1) is 8.54. The maximum Gasteiger partial charge on any atom is 0.316 e. The third-order valence-electron chi connectivity index (χ3n) is 3.64. The summed E-state index contributed by atoms with van der Waals surface area (Å²) >= 11 is 0. The molecule has 0 spiro atoms. The maximum absolute atomic E-state index is 10.7. The van der Waals surface area contributed by atoms with Gasteiger partial charge in [0.15, 0.2) is 0 Å². The fourth-order valence-electron chi connectivity index (χ4n) is 2.35. The summed E-state index contributed by atoms with van der Waals surface area (Å²) in [5, 5.41) is 6.05. The summed E-state index contributed by atoms with van der Waals surface area (Å²) in [4.78, 5) is 10.7. The van der Waals surface area contributed by atoms with Gasteiger partial charge in [-0.3, -0.25) is 0 Å². The molecule has 98 valence electrons. The first-order valence-electron chi connectivity index (χ1n) is 6.47. The molecule has 0 aromatic heterocycles. The quantitative estimate of drug-likeness (QED) is 0.765. The number of carbonyl (C=O) groups excluding carboxylic acids is 1. The minimum Gasteiger partial charge on any atom is -0.382 e. The number of nitrogens with one attached hydrogen (secondary N) is 2. The van der Waals surface area contributed by atoms with Crippen molar-refractivity contribution in [1.82, 2.24) is 0 Å². The Kier molecular flexibility index (Phi) is 3.75. The zero-order chi connectivity index (χ0) is 13.1. The fraction of sp³-hybridized carbons (Fsp3) is 0.500. The average molecular weight is 247 g/mol. The minimum atomic E-state index is -0.533. The van der Waals surface area contributed by atoms with Gasteiger partial charge in [-0.25, -0.2) is 4.79 Å². The normalized spacial score (nSPS) is 22.4. The van der Waals surface area contributed by atoms with E-state index in [4.69, 9.17) is 5.73 Å². The molecule has 4 nitrogen and oxygen atoms in total. The van der Waals surface area contributed by atoms with Crippen LogP contribution in [-0.4, -0.2) is 12.1 Å². The average Bonchev–Trinajstić information content (AvgIpc) is 2.23. The van der Waals surface area contributed by atoms with Crippen molar-refractivity contribution in [3.8, 4) is 0 Å². The highest BCUT2D eigenvalue weighted by Gasteiger charge is 2.30. The van der Waals surface area contributed by atoms with E-state index >= 15 is 0 Å². The third-order valence-corrected chi connectivity index (χ3v) is 3.64. The maximum atomic E-state index is 10.7. The van der Waals surface area contributed by atoms with Gasteiger partial charge in [0.1, 0.15) is 0 Å². The van der Waals surface area contributed by atoms with Gasteiger partial charge < -0.3 is 16.4 Å². The van der Waals surface area contributed by atoms with Gasteiger partial charge in [-0.2, -0.15) is 0 Å². The molecule has 0 radical (unpaired) electrons. The number of anilines is 2. The molecule has 1 saturated carbocycles. The number of urea groups is 1. The van der Waals surface area contributed by atoms with E-state index in [0.717, 1.165) is 23.2 Å². The molecule has 0 bridgehead atoms. The number of hydrogen-bond acceptors (Lipinski definition) is 2. The Hall–Kier alpha value is -1.71. The Morgan fingerprint density at radius 1 is 1.22 bits per heavy atom. The Bertz CT molecular complexity index is 408. The monoisotopic (exact) mass is 247 g/mol. The molecule has 2 amide bonds. The smallest absolute Gasteiger partial charge is 0.316 e. The predicted octanol–water partition coefficient (Wildman–Crippen LogP) is 3.02. The zero-order valence-electron chi connectivity index (χ0n) is 10.9. The highest BCUT2D eigenvalue weighted by atomic mass is 16.2. The SMILES string of the molecule is CC(C)C1CC(Nc2ccc(NC(N)=O)cc2)C1. The lowest BCUT2D eigenvalue weighted by molar-refractivity contribution is 0.212. The Labute approximate surface area is 108 Å². The van der Waals surface area contributed by atoms with Crippen LogP contribution in [0.4, 0.5) is 16.2 Å². The number of amides is 2. The van der Waals surface area contributed by atoms with Crippen LogP contribution in [0.25, 0.3) is 0 Å². The Morgan fingerprint density at radius 2 is 1.78 bits per heavy atom. The van der Waals surface area contributed by atoms with E-state index in [0.29, 0.717) is 6.04 Å². The van der Waals surface area contributed by atoms with Gasteiger partial charge in [0.25, 0.3) is 0 Å². The lowest BCUT2D eigenvalue weighted by atomic mass is 9.73. The molecule has 1 aliphatic rings. The summed E-state index contributed by atoms with van der Waals surface area (Å²) in [5.41, 5.74) is 6.87. The molecule has 1 aliphatic carbocycles. The van der Waals surface area contributed by atoms with Gasteiger partial charge in [-0.05, 0) is 48.9 Å². The highest BCUT2D eigenvalue weighted by Crippen LogP contribution is 2.35. The van der Waals surface area contributed by atoms with Crippen LogP contribution >= 0.6 is 0 Å². The molecule has 0 unspecified atom stereocenters. The number of primary amides is 1. The number of benzene rings is 1. The topological polar surface area (TPSA) is 67.2 Å². The summed E-state index contributed by atoms with van der Waals surface area (Å²) in [6.07, 6.45) is 2.50. The number of carbonyl (C=O) groups is 1. The van der Waals surface area contributed by atoms with E-state index in [9.17, 15) is 4.79 Å². The summed E-state index contributed by atoms with van der Waals surface area (Å²) < 4.78 is 0. The number of hydrogen-bond donors (Lipinski definition) is 3. The molecule has 4 heteroatoms. The highest BCUT2D eigenvalue weighted by molar-refractivity contribution is 5.87. The van der Waals surface area contributed by atoms with Crippen LogP contribution in [0.1, 0.15) is 26.7 Å². The van der Waals surface area contributed by atoms with Crippen LogP contribution in [0.2, 0.25) is 0 Å². The largest absolute Gasteiger partial charge is 0.382 e. The molecular formula is C14H21N3O. The molecule has 0 atom stereocenters. The van der Waals surface area contributed by atoms with E-state index in [2.05, 4.69) is 24.5 Å². The Morgan fingerprint density at radius 3 is 2.28 bits per heavy atom. The van der Waals surface area contributed by atoms with Crippen LogP contribution < -0.4 is 16.4 Å². The van der Waals surface area contributed by atoms with Gasteiger partial charge in [0, 0.05) is 17.4 Å². The molecule has 1 aromatic carbocycles. The zero-order valence-corrected chi connectivity index (χ0v) is 10.9. The second-order valence-corrected chi connectivity index (χ2v) is 5.38. The van der Waals surface area contributed by atoms with E-state index in [1.165, 1.54) is 12.8 Å². The molecule has 18 heavy (non-hydrogen) atoms. The molecular weight excluding hydrogens is 226 g/mol. The minimum absolute atomic E-state index is 0.533. The molecule has 1 aromatic rings. The van der Waals surface area contributed by atoms with Crippen molar-refractivity contribution >= 4 is 17.4 Å². The van der Waals surface area contributed by atoms with Crippen LogP contribution in [0.5, 0.6) is 0 Å². The first-order valence-corrected chi connectivity index (χ1v) is 6.47. The van der Waals surface area contributed by atoms with Gasteiger partial charge in [-0.1, -0.05) is 13.8 Å². The summed E-state index contributed by atoms with van der Waals surface area (Å²) in [6, 6.07) is 7.70. The molecule has 4 N–H and O–H groups in total. The summed E-state index contributed by atoms with van der Waals surface area (Å²) in [7, 11) is 0. The molecule has 1 fully saturated rings. The Balaban J connectivity index is 1.82. The fourth-order valence-corrected chi connectivity index (χ4v) is 2.35. The van der Waals surface area contributed by atoms with E-state index in [1.807, 2.05) is 24.3 Å². The van der Waals surface area contributed by atoms with Gasteiger partial charge in [0.05, 0.1) is 0 Å². The van der Waals surface area contributed by atoms with Crippen molar-refractivity contribution < 1.29 is 4.79 Å². The van der Waals surface area contributed by atoms with Crippen LogP contribution in [-0.2, 0) is 0 Å². The standard InChI is InChI=1S/C14H21N3O/c1-9(2)10-7-13(8-10)16-11-3-5-12(6-4-11)17-14(15)18/h3-6,9-10,13,16H,7-8H2,1-2H3,(H3,15,17,18). The van der Waals surface area contributed by atoms with E-state index < -0.39 is 6.03 Å². The molecule has 0 aliphatic heterocycles. The van der Waals surface area contributed by atoms with Crippen LogP contribution in [0.15, 0.2) is 24.3 Å². The molecule has 0 heterocycles. The number of nitrogens with two attached hydrogens (primary N) is 1. The van der Waals surface area contributed by atoms with Gasteiger partial charge in [0.2, 0.25) is 0 Å². The van der Waals surface area contributed by atoms with Crippen LogP contribution in [0.3, 0.4) is 0 Å². The van der Waals surface area contributed by atoms with Crippen molar-refractivity contribution in [1.29, 1.82) is 0 Å². The lowest BCUT2D eigenvalue weighted by Gasteiger charge is -2.39. The van der Waals surface area contributed by atoms with Crippen molar-refractivity contribution in [2.75, 3.05) is 10.6 Å². The van der Waals surface area contributed by atoms with Crippen molar-refractivity contribution in [3.63, 3.8) is 0 Å². The van der Waals surface area contributed by atoms with Gasteiger partial charge in [-0.15, -0.1) is 0 Å². The second kappa shape index (κ2) is 5.29. The predicted molar refractivity (Wildman–Crippen MR) is 74.6 cm³/mol. The number of rotatable bonds is 4. The molecule has 2 rings (SSSR count). The van der Waals surface area contributed by atoms with E-state index in [1.54, 1.807) is 0 Å². The second-order valence-electron chi connectivity index (χ2n) is 5.38. The first kappa shape index (κ1) is 12.7. The van der Waals surface area contributed by atoms with Gasteiger partial charge >= 0.3 is 6.03 Å². The van der Waals surface area contributed by atoms with Crippen molar-refractivity contribution in [2.45, 2.75) is 32.7 Å². The van der Waals surface area contributed by atoms with Crippen LogP contribution in [0, 0.1) is 11.8 Å². The van der Waals surface area contributed by atoms with Crippen molar-refractivity contribution in [2.24, 2.45) is 17.6 Å². The van der Waals surface area contributed by atoms with E-state index in [-0.39, 0.29) is 0 Å². The summed E-state index contributed by atoms with van der Waals surface area (Å²) in [6.45, 7) is 4.57. The lowest BCUT2D eigenvalue weighted by Crippen LogP contribution is -2.37. The molecule has 0 saturated heterocycles. The third kappa shape index (κ3) is 3.15. The summed E-state index contributed by atoms with van der Waals surface area (Å²) in [5.74, 6) is 1.64.